The zero-order chi connectivity index (χ0) is 12.3. The minimum atomic E-state index is -0.531. The van der Waals surface area contributed by atoms with Crippen LogP contribution in [0.5, 0.6) is 5.75 Å². The number of ether oxygens (including phenoxy) is 1. The van der Waals surface area contributed by atoms with Crippen molar-refractivity contribution in [3.05, 3.63) is 24.3 Å². The number of benzene rings is 1. The Kier molecular flexibility index (Phi) is 3.54. The fourth-order valence-electron chi connectivity index (χ4n) is 2.13. The maximum absolute atomic E-state index is 9.82. The number of hydrogen-bond acceptors (Lipinski definition) is 4. The maximum atomic E-state index is 9.82. The zero-order valence-electron chi connectivity index (χ0n) is 10.2. The Morgan fingerprint density at radius 1 is 1.53 bits per heavy atom. The van der Waals surface area contributed by atoms with Crippen molar-refractivity contribution in [2.45, 2.75) is 18.9 Å². The van der Waals surface area contributed by atoms with Gasteiger partial charge in [0.25, 0.3) is 0 Å². The summed E-state index contributed by atoms with van der Waals surface area (Å²) in [5.41, 5.74) is 5.85. The van der Waals surface area contributed by atoms with Crippen LogP contribution in [0.3, 0.4) is 0 Å². The average molecular weight is 236 g/mol. The van der Waals surface area contributed by atoms with Crippen molar-refractivity contribution < 1.29 is 9.84 Å². The summed E-state index contributed by atoms with van der Waals surface area (Å²) < 4.78 is 5.61. The lowest BCUT2D eigenvalue weighted by Gasteiger charge is -2.18. The quantitative estimate of drug-likeness (QED) is 0.769. The highest BCUT2D eigenvalue weighted by atomic mass is 16.5. The molecule has 3 N–H and O–H groups in total. The van der Waals surface area contributed by atoms with Crippen LogP contribution in [-0.2, 0) is 0 Å². The van der Waals surface area contributed by atoms with Crippen molar-refractivity contribution in [2.24, 2.45) is 0 Å². The molecule has 0 radical (unpaired) electrons. The SMILES string of the molecule is CC1(O)CCN(CCOc2cccc(N)c2)C1. The summed E-state index contributed by atoms with van der Waals surface area (Å²) >= 11 is 0. The first-order valence-electron chi connectivity index (χ1n) is 5.98. The van der Waals surface area contributed by atoms with Gasteiger partial charge in [0.05, 0.1) is 5.60 Å². The van der Waals surface area contributed by atoms with Crippen LogP contribution in [0.4, 0.5) is 5.69 Å². The highest BCUT2D eigenvalue weighted by Crippen LogP contribution is 2.20. The Morgan fingerprint density at radius 2 is 2.35 bits per heavy atom. The molecule has 1 aromatic rings. The average Bonchev–Trinajstić information content (AvgIpc) is 2.58. The van der Waals surface area contributed by atoms with E-state index < -0.39 is 5.60 Å². The molecule has 2 rings (SSSR count). The molecule has 17 heavy (non-hydrogen) atoms. The third-order valence-electron chi connectivity index (χ3n) is 3.07. The minimum absolute atomic E-state index is 0.531. The topological polar surface area (TPSA) is 58.7 Å². The molecule has 0 saturated carbocycles. The second-order valence-corrected chi connectivity index (χ2v) is 4.94. The second kappa shape index (κ2) is 4.94. The molecule has 94 valence electrons. The molecule has 1 saturated heterocycles. The van der Waals surface area contributed by atoms with Gasteiger partial charge >= 0.3 is 0 Å². The van der Waals surface area contributed by atoms with E-state index in [1.54, 1.807) is 0 Å². The normalized spacial score (nSPS) is 25.1. The molecule has 4 heteroatoms. The summed E-state index contributed by atoms with van der Waals surface area (Å²) in [6, 6.07) is 7.44. The van der Waals surface area contributed by atoms with Gasteiger partial charge in [0, 0.05) is 31.4 Å². The van der Waals surface area contributed by atoms with Crippen LogP contribution in [0.15, 0.2) is 24.3 Å². The van der Waals surface area contributed by atoms with Gasteiger partial charge in [-0.05, 0) is 25.5 Å². The molecule has 1 aliphatic rings. The number of hydrogen-bond donors (Lipinski definition) is 2. The van der Waals surface area contributed by atoms with Crippen molar-refractivity contribution in [3.8, 4) is 5.75 Å². The molecule has 1 unspecified atom stereocenters. The summed E-state index contributed by atoms with van der Waals surface area (Å²) in [7, 11) is 0. The Hall–Kier alpha value is -1.26. The fraction of sp³-hybridized carbons (Fsp3) is 0.538. The van der Waals surface area contributed by atoms with Crippen LogP contribution in [0.25, 0.3) is 0 Å². The van der Waals surface area contributed by atoms with Crippen molar-refractivity contribution in [3.63, 3.8) is 0 Å². The highest BCUT2D eigenvalue weighted by molar-refractivity contribution is 5.43. The van der Waals surface area contributed by atoms with E-state index in [-0.39, 0.29) is 0 Å². The smallest absolute Gasteiger partial charge is 0.121 e. The van der Waals surface area contributed by atoms with Gasteiger partial charge in [-0.25, -0.2) is 0 Å². The summed E-state index contributed by atoms with van der Waals surface area (Å²) in [4.78, 5) is 2.21. The molecule has 0 bridgehead atoms. The highest BCUT2D eigenvalue weighted by Gasteiger charge is 2.30. The molecule has 0 amide bonds. The van der Waals surface area contributed by atoms with Crippen LogP contribution in [-0.4, -0.2) is 41.8 Å². The van der Waals surface area contributed by atoms with E-state index in [0.29, 0.717) is 12.3 Å². The Balaban J connectivity index is 1.73. The van der Waals surface area contributed by atoms with Crippen LogP contribution >= 0.6 is 0 Å². The lowest BCUT2D eigenvalue weighted by atomic mass is 10.1. The number of nitrogen functional groups attached to an aromatic ring is 1. The predicted molar refractivity (Wildman–Crippen MR) is 68.0 cm³/mol. The van der Waals surface area contributed by atoms with Crippen molar-refractivity contribution in [1.82, 2.24) is 4.90 Å². The zero-order valence-corrected chi connectivity index (χ0v) is 10.2. The summed E-state index contributed by atoms with van der Waals surface area (Å²) in [5.74, 6) is 0.802. The van der Waals surface area contributed by atoms with Crippen LogP contribution in [0, 0.1) is 0 Å². The van der Waals surface area contributed by atoms with Crippen molar-refractivity contribution in [2.75, 3.05) is 32.0 Å². The lowest BCUT2D eigenvalue weighted by molar-refractivity contribution is 0.0670. The summed E-state index contributed by atoms with van der Waals surface area (Å²) in [5, 5.41) is 9.82. The molecule has 0 aromatic heterocycles. The number of anilines is 1. The van der Waals surface area contributed by atoms with Crippen LogP contribution in [0.2, 0.25) is 0 Å². The van der Waals surface area contributed by atoms with Gasteiger partial charge < -0.3 is 15.6 Å². The Morgan fingerprint density at radius 3 is 3.00 bits per heavy atom. The number of nitrogens with zero attached hydrogens (tertiary/aromatic N) is 1. The molecular formula is C13H20N2O2. The van der Waals surface area contributed by atoms with E-state index >= 15 is 0 Å². The van der Waals surface area contributed by atoms with Gasteiger partial charge in [0.2, 0.25) is 0 Å². The molecule has 4 nitrogen and oxygen atoms in total. The van der Waals surface area contributed by atoms with Crippen LogP contribution < -0.4 is 10.5 Å². The van der Waals surface area contributed by atoms with E-state index in [4.69, 9.17) is 10.5 Å². The van der Waals surface area contributed by atoms with E-state index in [9.17, 15) is 5.11 Å². The Labute approximate surface area is 102 Å². The molecule has 1 fully saturated rings. The second-order valence-electron chi connectivity index (χ2n) is 4.94. The molecule has 1 aliphatic heterocycles. The number of likely N-dealkylation sites (tertiary alicyclic amines) is 1. The van der Waals surface area contributed by atoms with Gasteiger partial charge in [-0.3, -0.25) is 4.90 Å². The fourth-order valence-corrected chi connectivity index (χ4v) is 2.13. The summed E-state index contributed by atoms with van der Waals surface area (Å²) in [6.07, 6.45) is 0.839. The van der Waals surface area contributed by atoms with Gasteiger partial charge in [0.1, 0.15) is 12.4 Å². The van der Waals surface area contributed by atoms with Gasteiger partial charge in [-0.15, -0.1) is 0 Å². The maximum Gasteiger partial charge on any atom is 0.121 e. The van der Waals surface area contributed by atoms with Crippen molar-refractivity contribution in [1.29, 1.82) is 0 Å². The van der Waals surface area contributed by atoms with E-state index in [1.165, 1.54) is 0 Å². The first-order chi connectivity index (χ1) is 8.05. The number of nitrogens with two attached hydrogens (primary N) is 1. The Bertz CT molecular complexity index is 379. The molecule has 1 aromatic carbocycles. The van der Waals surface area contributed by atoms with Gasteiger partial charge in [0.15, 0.2) is 0 Å². The van der Waals surface area contributed by atoms with Gasteiger partial charge in [-0.2, -0.15) is 0 Å². The van der Waals surface area contributed by atoms with E-state index in [2.05, 4.69) is 4.90 Å². The standard InChI is InChI=1S/C13H20N2O2/c1-13(16)5-6-15(10-13)7-8-17-12-4-2-3-11(14)9-12/h2-4,9,16H,5-8,10,14H2,1H3. The molecule has 0 aliphatic carbocycles. The number of β-amino-alcohol motifs (C(OH)–C–C–N with tert-alkyl or cyclic N) is 1. The molecule has 0 spiro atoms. The first kappa shape index (κ1) is 12.2. The summed E-state index contributed by atoms with van der Waals surface area (Å²) in [6.45, 7) is 5.01. The predicted octanol–water partition coefficient (Wildman–Crippen LogP) is 1.10. The number of aliphatic hydroxyl groups is 1. The molecule has 1 atom stereocenters. The van der Waals surface area contributed by atoms with E-state index in [1.807, 2.05) is 31.2 Å². The lowest BCUT2D eigenvalue weighted by Crippen LogP contribution is -2.32. The third kappa shape index (κ3) is 3.61. The van der Waals surface area contributed by atoms with E-state index in [0.717, 1.165) is 31.8 Å². The first-order valence-corrected chi connectivity index (χ1v) is 5.98. The largest absolute Gasteiger partial charge is 0.492 e. The minimum Gasteiger partial charge on any atom is -0.492 e. The van der Waals surface area contributed by atoms with Crippen LogP contribution in [0.1, 0.15) is 13.3 Å². The van der Waals surface area contributed by atoms with Crippen molar-refractivity contribution >= 4 is 5.69 Å². The third-order valence-corrected chi connectivity index (χ3v) is 3.07. The molecule has 1 heterocycles. The van der Waals surface area contributed by atoms with Gasteiger partial charge in [-0.1, -0.05) is 6.07 Å². The monoisotopic (exact) mass is 236 g/mol. The molecular weight excluding hydrogens is 216 g/mol. The number of rotatable bonds is 4.